The molecular weight excluding hydrogens is 640 g/mol. The van der Waals surface area contributed by atoms with Gasteiger partial charge >= 0.3 is 12.1 Å². The van der Waals surface area contributed by atoms with Crippen molar-refractivity contribution < 1.29 is 33.5 Å². The van der Waals surface area contributed by atoms with E-state index in [0.29, 0.717) is 42.1 Å². The van der Waals surface area contributed by atoms with E-state index in [9.17, 15) is 29.1 Å². The maximum absolute atomic E-state index is 13.6. The van der Waals surface area contributed by atoms with Crippen molar-refractivity contribution in [2.75, 3.05) is 64.1 Å². The first-order valence-corrected chi connectivity index (χ1v) is 16.4. The third kappa shape index (κ3) is 9.38. The van der Waals surface area contributed by atoms with Crippen LogP contribution < -0.4 is 26.4 Å². The van der Waals surface area contributed by atoms with Gasteiger partial charge in [0.1, 0.15) is 17.6 Å². The SMILES string of the molecule is CNC(=O)C[N+](C)(C)CCNC(=O)O[C@@H]1CCCN(c2nc3cc(C(=O)Nc4nc(C(C)(C)C)cs4)ccn3c(=O)c2C=CC(=O)O)C1. The van der Waals surface area contributed by atoms with E-state index in [1.165, 1.54) is 40.1 Å². The summed E-state index contributed by atoms with van der Waals surface area (Å²) in [5, 5.41) is 19.8. The summed E-state index contributed by atoms with van der Waals surface area (Å²) in [6.45, 7) is 7.84. The van der Waals surface area contributed by atoms with Crippen LogP contribution in [0.3, 0.4) is 0 Å². The number of piperidine rings is 1. The molecule has 4 rings (SSSR count). The van der Waals surface area contributed by atoms with Crippen LogP contribution in [0.5, 0.6) is 0 Å². The predicted molar refractivity (Wildman–Crippen MR) is 183 cm³/mol. The molecule has 48 heavy (non-hydrogen) atoms. The molecule has 3 aromatic rings. The molecule has 16 heteroatoms. The molecule has 15 nitrogen and oxygen atoms in total. The minimum absolute atomic E-state index is 0.0471. The van der Waals surface area contributed by atoms with E-state index in [4.69, 9.17) is 9.72 Å². The predicted octanol–water partition coefficient (Wildman–Crippen LogP) is 2.32. The Morgan fingerprint density at radius 2 is 1.96 bits per heavy atom. The molecule has 4 heterocycles. The largest absolute Gasteiger partial charge is 0.478 e. The van der Waals surface area contributed by atoms with Gasteiger partial charge in [0.15, 0.2) is 11.7 Å². The second-order valence-corrected chi connectivity index (χ2v) is 14.1. The number of thiazole rings is 1. The number of aromatic nitrogens is 3. The summed E-state index contributed by atoms with van der Waals surface area (Å²) in [4.78, 5) is 73.6. The molecule has 0 saturated carbocycles. The Labute approximate surface area is 282 Å². The maximum atomic E-state index is 13.6. The van der Waals surface area contributed by atoms with Crippen molar-refractivity contribution in [3.05, 3.63) is 57.0 Å². The van der Waals surface area contributed by atoms with Crippen molar-refractivity contribution in [3.8, 4) is 0 Å². The van der Waals surface area contributed by atoms with E-state index >= 15 is 0 Å². The smallest absolute Gasteiger partial charge is 0.407 e. The topological polar surface area (TPSA) is 184 Å². The Kier molecular flexibility index (Phi) is 11.2. The number of anilines is 2. The summed E-state index contributed by atoms with van der Waals surface area (Å²) < 4.78 is 7.31. The molecule has 0 unspecified atom stereocenters. The lowest BCUT2D eigenvalue weighted by Crippen LogP contribution is -2.50. The number of fused-ring (bicyclic) bond motifs is 1. The molecule has 0 aromatic carbocycles. The molecule has 1 fully saturated rings. The third-order valence-electron chi connectivity index (χ3n) is 7.78. The van der Waals surface area contributed by atoms with Crippen LogP contribution in [0.25, 0.3) is 11.7 Å². The molecule has 1 saturated heterocycles. The summed E-state index contributed by atoms with van der Waals surface area (Å²) in [6.07, 6.45) is 3.54. The minimum Gasteiger partial charge on any atom is -0.478 e. The number of carboxylic acids is 1. The number of hydrogen-bond donors (Lipinski definition) is 4. The van der Waals surface area contributed by atoms with Crippen molar-refractivity contribution in [2.24, 2.45) is 0 Å². The quantitative estimate of drug-likeness (QED) is 0.173. The second kappa shape index (κ2) is 14.9. The normalized spacial score (nSPS) is 15.4. The number of likely N-dealkylation sites (N-methyl/N-ethyl adjacent to an activating group) is 2. The highest BCUT2D eigenvalue weighted by Gasteiger charge is 2.28. The molecule has 1 aliphatic rings. The highest BCUT2D eigenvalue weighted by Crippen LogP contribution is 2.27. The highest BCUT2D eigenvalue weighted by atomic mass is 32.1. The van der Waals surface area contributed by atoms with E-state index < -0.39 is 29.6 Å². The van der Waals surface area contributed by atoms with Gasteiger partial charge in [0.25, 0.3) is 17.4 Å². The Bertz CT molecular complexity index is 1780. The molecule has 0 spiro atoms. The Balaban J connectivity index is 1.53. The molecule has 0 aliphatic carbocycles. The second-order valence-electron chi connectivity index (χ2n) is 13.2. The zero-order chi connectivity index (χ0) is 35.2. The van der Waals surface area contributed by atoms with Gasteiger partial charge in [-0.25, -0.2) is 19.6 Å². The van der Waals surface area contributed by atoms with Crippen molar-refractivity contribution in [1.82, 2.24) is 25.0 Å². The molecule has 0 bridgehead atoms. The molecule has 258 valence electrons. The van der Waals surface area contributed by atoms with Gasteiger partial charge in [0.05, 0.1) is 45.0 Å². The third-order valence-corrected chi connectivity index (χ3v) is 8.54. The van der Waals surface area contributed by atoms with Crippen LogP contribution in [0.4, 0.5) is 15.7 Å². The first-order valence-electron chi connectivity index (χ1n) is 15.5. The maximum Gasteiger partial charge on any atom is 0.407 e. The number of carbonyl (C=O) groups is 4. The van der Waals surface area contributed by atoms with Gasteiger partial charge in [-0.1, -0.05) is 20.8 Å². The first-order chi connectivity index (χ1) is 22.6. The number of amides is 3. The monoisotopic (exact) mass is 683 g/mol. The lowest BCUT2D eigenvalue weighted by molar-refractivity contribution is -0.881. The number of rotatable bonds is 11. The summed E-state index contributed by atoms with van der Waals surface area (Å²) in [7, 11) is 5.34. The molecule has 1 aliphatic heterocycles. The van der Waals surface area contributed by atoms with Gasteiger partial charge in [-0.2, -0.15) is 0 Å². The van der Waals surface area contributed by atoms with Gasteiger partial charge in [0.2, 0.25) is 0 Å². The molecule has 3 amide bonds. The molecule has 0 radical (unpaired) electrons. The van der Waals surface area contributed by atoms with Gasteiger partial charge < -0.3 is 29.9 Å². The molecular formula is C32H43N8O7S+. The number of ether oxygens (including phenoxy) is 1. The fraction of sp³-hybridized carbons (Fsp3) is 0.469. The average Bonchev–Trinajstić information content (AvgIpc) is 3.49. The summed E-state index contributed by atoms with van der Waals surface area (Å²) in [5.74, 6) is -1.55. The van der Waals surface area contributed by atoms with Crippen molar-refractivity contribution in [1.29, 1.82) is 0 Å². The summed E-state index contributed by atoms with van der Waals surface area (Å²) >= 11 is 1.32. The van der Waals surface area contributed by atoms with Gasteiger partial charge in [-0.15, -0.1) is 11.3 Å². The van der Waals surface area contributed by atoms with Crippen LogP contribution in [-0.2, 0) is 19.7 Å². The van der Waals surface area contributed by atoms with Crippen molar-refractivity contribution in [3.63, 3.8) is 0 Å². The number of alkyl carbamates (subject to hydrolysis) is 1. The van der Waals surface area contributed by atoms with Crippen LogP contribution >= 0.6 is 11.3 Å². The number of carbonyl (C=O) groups excluding carboxylic acids is 3. The number of carboxylic acid groups (broad SMARTS) is 1. The van der Waals surface area contributed by atoms with Crippen molar-refractivity contribution >= 4 is 57.9 Å². The highest BCUT2D eigenvalue weighted by molar-refractivity contribution is 7.14. The van der Waals surface area contributed by atoms with Crippen LogP contribution in [0.2, 0.25) is 0 Å². The number of nitrogens with zero attached hydrogens (tertiary/aromatic N) is 5. The number of aliphatic carboxylic acids is 1. The fourth-order valence-electron chi connectivity index (χ4n) is 5.09. The van der Waals surface area contributed by atoms with Crippen molar-refractivity contribution in [2.45, 2.75) is 45.1 Å². The van der Waals surface area contributed by atoms with Gasteiger partial charge in [-0.3, -0.25) is 24.1 Å². The number of pyridine rings is 1. The number of nitrogens with one attached hydrogen (secondary N) is 3. The van der Waals surface area contributed by atoms with Gasteiger partial charge in [0, 0.05) is 42.2 Å². The number of hydrogen-bond acceptors (Lipinski definition) is 10. The van der Waals surface area contributed by atoms with Gasteiger partial charge in [-0.05, 0) is 31.1 Å². The lowest BCUT2D eigenvalue weighted by atomic mass is 9.93. The molecule has 3 aromatic heterocycles. The summed E-state index contributed by atoms with van der Waals surface area (Å²) in [5.41, 5.74) is 0.636. The Morgan fingerprint density at radius 3 is 2.62 bits per heavy atom. The zero-order valence-electron chi connectivity index (χ0n) is 28.0. The zero-order valence-corrected chi connectivity index (χ0v) is 28.8. The Morgan fingerprint density at radius 1 is 1.21 bits per heavy atom. The van der Waals surface area contributed by atoms with Crippen LogP contribution in [0.1, 0.15) is 55.2 Å². The first kappa shape index (κ1) is 36.0. The fourth-order valence-corrected chi connectivity index (χ4v) is 6.03. The molecule has 1 atom stereocenters. The van der Waals surface area contributed by atoms with E-state index in [1.54, 1.807) is 11.9 Å². The Hall–Kier alpha value is -4.83. The van der Waals surface area contributed by atoms with Crippen LogP contribution in [0.15, 0.2) is 34.6 Å². The minimum atomic E-state index is -1.23. The van der Waals surface area contributed by atoms with E-state index in [-0.39, 0.29) is 47.0 Å². The van der Waals surface area contributed by atoms with Crippen LogP contribution in [-0.4, -0.2) is 108 Å². The van der Waals surface area contributed by atoms with E-state index in [0.717, 1.165) is 11.8 Å². The standard InChI is InChI=1S/C32H42N8O7S/c1-32(2,3)23-19-48-30(35-23)37-28(44)20-11-14-39-24(16-20)36-27(22(29(39)45)9-10-26(42)43)38-13-7-8-21(17-38)47-31(46)34-12-15-40(5,6)18-25(41)33-4/h9-11,14,16,19,21H,7-8,12-13,15,17-18H2,1-6H3,(H3-,33,34,35,37,41,42,43,44,46)/p+1/t21-/m1/s1. The number of quaternary nitrogens is 1. The molecule has 4 N–H and O–H groups in total. The summed E-state index contributed by atoms with van der Waals surface area (Å²) in [6, 6.07) is 2.97. The lowest BCUT2D eigenvalue weighted by Gasteiger charge is -2.34. The van der Waals surface area contributed by atoms with E-state index in [1.807, 2.05) is 40.2 Å². The average molecular weight is 684 g/mol. The van der Waals surface area contributed by atoms with Crippen LogP contribution in [0, 0.1) is 0 Å². The van der Waals surface area contributed by atoms with E-state index in [2.05, 4.69) is 20.9 Å².